The van der Waals surface area contributed by atoms with Gasteiger partial charge in [0.1, 0.15) is 11.3 Å². The van der Waals surface area contributed by atoms with Crippen LogP contribution in [0.5, 0.6) is 5.75 Å². The fraction of sp³-hybridized carbons (Fsp3) is 0.0417. The maximum Gasteiger partial charge on any atom is 0.265 e. The van der Waals surface area contributed by atoms with Gasteiger partial charge in [-0.05, 0) is 35.8 Å². The first-order chi connectivity index (χ1) is 27.6. The number of thiophene rings is 1. The molecule has 58 heavy (non-hydrogen) atoms. The second-order valence-electron chi connectivity index (χ2n) is 13.0. The van der Waals surface area contributed by atoms with Crippen molar-refractivity contribution >= 4 is 68.8 Å². The number of hydrogen-bond donors (Lipinski definition) is 1. The molecule has 0 aliphatic heterocycles. The predicted molar refractivity (Wildman–Crippen MR) is 239 cm³/mol. The number of aryl methyl sites for hydroxylation is 1. The molecule has 2 heterocycles. The van der Waals surface area contributed by atoms with Gasteiger partial charge in [0.05, 0.1) is 10.4 Å². The third-order valence-electron chi connectivity index (χ3n) is 9.38. The molecule has 0 atom stereocenters. The van der Waals surface area contributed by atoms with E-state index in [0.717, 1.165) is 31.8 Å². The van der Waals surface area contributed by atoms with E-state index in [2.05, 4.69) is 6.58 Å². The minimum Gasteiger partial charge on any atom is -0.506 e. The van der Waals surface area contributed by atoms with Crippen molar-refractivity contribution in [1.29, 1.82) is 0 Å². The number of para-hydroxylation sites is 1. The van der Waals surface area contributed by atoms with Gasteiger partial charge in [0.2, 0.25) is 5.78 Å². The number of ketones is 1. The number of hydrogen-bond acceptors (Lipinski definition) is 6. The van der Waals surface area contributed by atoms with Crippen LogP contribution in [0.2, 0.25) is 0 Å². The number of rotatable bonds is 8. The van der Waals surface area contributed by atoms with Gasteiger partial charge in [0.25, 0.3) is 5.56 Å². The van der Waals surface area contributed by atoms with E-state index in [1.54, 1.807) is 48.8 Å². The van der Waals surface area contributed by atoms with Crippen molar-refractivity contribution in [2.45, 2.75) is 6.92 Å². The van der Waals surface area contributed by atoms with Crippen molar-refractivity contribution in [3.63, 3.8) is 0 Å². The Balaban J connectivity index is 0.000000165. The number of pyridine rings is 1. The number of fused-ring (bicyclic) bond motifs is 1. The monoisotopic (exact) mass is 958 g/mol. The van der Waals surface area contributed by atoms with Gasteiger partial charge in [-0.3, -0.25) is 9.59 Å². The van der Waals surface area contributed by atoms with E-state index in [1.165, 1.54) is 15.9 Å². The van der Waals surface area contributed by atoms with Crippen LogP contribution in [0.4, 0.5) is 0 Å². The molecule has 0 unspecified atom stereocenters. The van der Waals surface area contributed by atoms with Crippen molar-refractivity contribution in [2.24, 2.45) is 7.05 Å². The Morgan fingerprint density at radius 2 is 0.966 bits per heavy atom. The Kier molecular flexibility index (Phi) is 15.7. The summed E-state index contributed by atoms with van der Waals surface area (Å²) in [6, 6.07) is 58.6. The summed E-state index contributed by atoms with van der Waals surface area (Å²) >= 11 is 1.25. The quantitative estimate of drug-likeness (QED) is 0.121. The van der Waals surface area contributed by atoms with E-state index in [9.17, 15) is 23.8 Å². The number of carbonyl (C=O) groups excluding carboxylic acids is 1. The molecule has 0 bridgehead atoms. The first kappa shape index (κ1) is 44.6. The van der Waals surface area contributed by atoms with E-state index < -0.39 is 25.6 Å². The fourth-order valence-electron chi connectivity index (χ4n) is 6.44. The molecule has 6 aromatic carbocycles. The number of benzene rings is 6. The molecular weight excluding hydrogens is 917 g/mol. The summed E-state index contributed by atoms with van der Waals surface area (Å²) in [5.74, 6) is -0.689. The largest absolute Gasteiger partial charge is 0.506 e. The van der Waals surface area contributed by atoms with E-state index >= 15 is 0 Å². The van der Waals surface area contributed by atoms with Crippen LogP contribution in [0.25, 0.3) is 10.9 Å². The fourth-order valence-corrected chi connectivity index (χ4v) is 12.1. The zero-order valence-electron chi connectivity index (χ0n) is 31.9. The Morgan fingerprint density at radius 1 is 0.586 bits per heavy atom. The van der Waals surface area contributed by atoms with Crippen LogP contribution < -0.4 is 32.1 Å². The summed E-state index contributed by atoms with van der Waals surface area (Å²) in [6.07, 6.45) is 0. The average Bonchev–Trinajstić information content (AvgIpc) is 3.83. The molecule has 0 saturated heterocycles. The van der Waals surface area contributed by atoms with Crippen LogP contribution in [-0.2, 0) is 16.2 Å². The van der Waals surface area contributed by atoms with Crippen molar-refractivity contribution < 1.29 is 68.4 Å². The summed E-state index contributed by atoms with van der Waals surface area (Å²) in [5, 5.41) is 17.6. The molecule has 8 aromatic rings. The van der Waals surface area contributed by atoms with Gasteiger partial charge in [-0.25, -0.2) is 0 Å². The SMILES string of the molecule is C=C(C)P(=O)(c1ccccc1)c1ccccc1.Cn1c(=O)c(C(=O)c2cccs2)c(O)c2ccccc21.O=P(c1ccccc1)(c1ccccc1)c1ccccc1.[Eu]. The standard InChI is InChI=1S/C18H15OP.C15H11NO3S.C15H15OP.Eu/c19-20(16-10-4-1-5-11-16,17-12-6-2-7-13-17)18-14-8-3-9-15-18;1-16-10-6-3-2-5-9(10)13(17)12(15(16)19)14(18)11-7-4-8-20-11;1-13(2)17(16,14-9-5-3-6-10-14)15-11-7-4-8-12-15;/h1-15H;2-8,17H,1H3;3-12H,1H2,2H3;. The summed E-state index contributed by atoms with van der Waals surface area (Å²) in [7, 11) is -3.87. The second kappa shape index (κ2) is 20.4. The minimum atomic E-state index is -2.78. The summed E-state index contributed by atoms with van der Waals surface area (Å²) in [6.45, 7) is 5.75. The molecule has 0 aliphatic rings. The number of carbonyl (C=O) groups is 1. The zero-order valence-corrected chi connectivity index (χ0v) is 36.9. The van der Waals surface area contributed by atoms with Crippen LogP contribution in [0.15, 0.2) is 210 Å². The van der Waals surface area contributed by atoms with E-state index in [4.69, 9.17) is 0 Å². The molecule has 10 heteroatoms. The van der Waals surface area contributed by atoms with E-state index in [1.807, 2.05) is 159 Å². The predicted octanol–water partition coefficient (Wildman–Crippen LogP) is 9.40. The Bertz CT molecular complexity index is 2620. The summed E-state index contributed by atoms with van der Waals surface area (Å²) in [5.41, 5.74) is -0.0639. The maximum atomic E-state index is 13.8. The number of nitrogens with zero attached hydrogens (tertiary/aromatic N) is 1. The smallest absolute Gasteiger partial charge is 0.265 e. The van der Waals surface area contributed by atoms with Gasteiger partial charge in [-0.2, -0.15) is 0 Å². The van der Waals surface area contributed by atoms with Crippen LogP contribution in [0.3, 0.4) is 0 Å². The minimum absolute atomic E-state index is 0. The van der Waals surface area contributed by atoms with Crippen molar-refractivity contribution in [1.82, 2.24) is 4.57 Å². The Hall–Kier alpha value is -4.52. The first-order valence-corrected chi connectivity index (χ1v) is 22.4. The molecular formula is C48H41EuNO5P2S. The second-order valence-corrected chi connectivity index (χ2v) is 19.8. The van der Waals surface area contributed by atoms with Gasteiger partial charge >= 0.3 is 0 Å². The molecule has 6 nitrogen and oxygen atoms in total. The molecule has 0 saturated carbocycles. The van der Waals surface area contributed by atoms with E-state index in [0.29, 0.717) is 15.8 Å². The number of aromatic nitrogens is 1. The molecule has 2 aromatic heterocycles. The Morgan fingerprint density at radius 3 is 1.34 bits per heavy atom. The van der Waals surface area contributed by atoms with Gasteiger partial charge in [-0.15, -0.1) is 11.3 Å². The maximum absolute atomic E-state index is 13.8. The summed E-state index contributed by atoms with van der Waals surface area (Å²) in [4.78, 5) is 25.1. The van der Waals surface area contributed by atoms with E-state index in [-0.39, 0.29) is 60.7 Å². The molecule has 291 valence electrons. The molecule has 0 spiro atoms. The van der Waals surface area contributed by atoms with Crippen LogP contribution >= 0.6 is 25.6 Å². The summed E-state index contributed by atoms with van der Waals surface area (Å²) < 4.78 is 28.4. The van der Waals surface area contributed by atoms with Crippen LogP contribution in [-0.4, -0.2) is 15.5 Å². The molecule has 0 amide bonds. The molecule has 0 aliphatic carbocycles. The average molecular weight is 958 g/mol. The normalized spacial score (nSPS) is 10.9. The molecule has 1 radical (unpaired) electrons. The number of allylic oxidation sites excluding steroid dienone is 1. The van der Waals surface area contributed by atoms with Gasteiger partial charge in [0.15, 0.2) is 14.3 Å². The third-order valence-corrected chi connectivity index (χ3v) is 16.5. The van der Waals surface area contributed by atoms with Crippen LogP contribution in [0, 0.1) is 49.4 Å². The topological polar surface area (TPSA) is 93.4 Å². The van der Waals surface area contributed by atoms with Crippen molar-refractivity contribution in [3.05, 3.63) is 226 Å². The third kappa shape index (κ3) is 9.51. The van der Waals surface area contributed by atoms with Crippen molar-refractivity contribution in [3.8, 4) is 5.75 Å². The first-order valence-electron chi connectivity index (χ1n) is 18.1. The van der Waals surface area contributed by atoms with Gasteiger partial charge in [-0.1, -0.05) is 176 Å². The van der Waals surface area contributed by atoms with Crippen LogP contribution in [0.1, 0.15) is 22.2 Å². The molecule has 0 fully saturated rings. The van der Waals surface area contributed by atoms with Crippen molar-refractivity contribution in [2.75, 3.05) is 0 Å². The van der Waals surface area contributed by atoms with Gasteiger partial charge in [0, 0.05) is 88.3 Å². The number of aromatic hydroxyl groups is 1. The molecule has 8 rings (SSSR count). The van der Waals surface area contributed by atoms with Gasteiger partial charge < -0.3 is 18.8 Å². The zero-order chi connectivity index (χ0) is 40.4. The Labute approximate surface area is 383 Å². The molecule has 1 N–H and O–H groups in total.